The van der Waals surface area contributed by atoms with Crippen molar-refractivity contribution in [2.75, 3.05) is 19.6 Å². The minimum Gasteiger partial charge on any atom is -0.355 e. The van der Waals surface area contributed by atoms with Gasteiger partial charge in [0.05, 0.1) is 6.04 Å². The Bertz CT molecular complexity index is 269. The standard InChI is InChI=1S/C13H25N3O/c1-3-7-14-13(17)10(2)15-11-6-9-16-8-4-5-12(11)16/h10-12,15H,3-9H2,1-2H3,(H,14,17). The van der Waals surface area contributed by atoms with Gasteiger partial charge < -0.3 is 10.6 Å². The highest BCUT2D eigenvalue weighted by Crippen LogP contribution is 2.28. The lowest BCUT2D eigenvalue weighted by Crippen LogP contribution is -2.50. The largest absolute Gasteiger partial charge is 0.355 e. The molecule has 2 N–H and O–H groups in total. The Hall–Kier alpha value is -0.610. The SMILES string of the molecule is CCCNC(=O)C(C)NC1CCN2CCCC12. The second-order valence-electron chi connectivity index (χ2n) is 5.32. The molecule has 3 atom stereocenters. The predicted molar refractivity (Wildman–Crippen MR) is 68.9 cm³/mol. The first-order valence-corrected chi connectivity index (χ1v) is 7.00. The van der Waals surface area contributed by atoms with Crippen molar-refractivity contribution in [1.29, 1.82) is 0 Å². The molecule has 2 aliphatic heterocycles. The lowest BCUT2D eigenvalue weighted by Gasteiger charge is -2.24. The topological polar surface area (TPSA) is 44.4 Å². The van der Waals surface area contributed by atoms with Crippen molar-refractivity contribution in [2.45, 2.75) is 57.7 Å². The molecule has 3 unspecified atom stereocenters. The second-order valence-corrected chi connectivity index (χ2v) is 5.32. The molecule has 0 bridgehead atoms. The maximum atomic E-state index is 11.8. The minimum atomic E-state index is -0.0629. The Morgan fingerprint density at radius 3 is 3.00 bits per heavy atom. The van der Waals surface area contributed by atoms with E-state index in [2.05, 4.69) is 22.5 Å². The Balaban J connectivity index is 1.78. The van der Waals surface area contributed by atoms with E-state index < -0.39 is 0 Å². The van der Waals surface area contributed by atoms with E-state index in [9.17, 15) is 4.79 Å². The van der Waals surface area contributed by atoms with Gasteiger partial charge in [-0.3, -0.25) is 9.69 Å². The molecule has 17 heavy (non-hydrogen) atoms. The lowest BCUT2D eigenvalue weighted by molar-refractivity contribution is -0.122. The molecule has 2 saturated heterocycles. The highest BCUT2D eigenvalue weighted by Gasteiger charge is 2.37. The minimum absolute atomic E-state index is 0.0629. The van der Waals surface area contributed by atoms with Crippen molar-refractivity contribution in [3.63, 3.8) is 0 Å². The molecule has 2 aliphatic rings. The number of fused-ring (bicyclic) bond motifs is 1. The average molecular weight is 239 g/mol. The van der Waals surface area contributed by atoms with Gasteiger partial charge in [-0.05, 0) is 39.2 Å². The Morgan fingerprint density at radius 1 is 1.41 bits per heavy atom. The molecule has 0 spiro atoms. The van der Waals surface area contributed by atoms with Crippen molar-refractivity contribution in [2.24, 2.45) is 0 Å². The molecular weight excluding hydrogens is 214 g/mol. The highest BCUT2D eigenvalue weighted by atomic mass is 16.2. The van der Waals surface area contributed by atoms with Crippen LogP contribution in [-0.4, -0.2) is 48.6 Å². The van der Waals surface area contributed by atoms with Gasteiger partial charge in [0.25, 0.3) is 0 Å². The van der Waals surface area contributed by atoms with Crippen molar-refractivity contribution >= 4 is 5.91 Å². The summed E-state index contributed by atoms with van der Waals surface area (Å²) in [5.74, 6) is 0.142. The monoisotopic (exact) mass is 239 g/mol. The molecule has 2 heterocycles. The van der Waals surface area contributed by atoms with Crippen LogP contribution >= 0.6 is 0 Å². The van der Waals surface area contributed by atoms with Gasteiger partial charge in [0.2, 0.25) is 5.91 Å². The molecular formula is C13H25N3O. The van der Waals surface area contributed by atoms with E-state index >= 15 is 0 Å². The molecule has 98 valence electrons. The van der Waals surface area contributed by atoms with E-state index in [1.807, 2.05) is 6.92 Å². The molecule has 1 amide bonds. The number of amides is 1. The first-order valence-electron chi connectivity index (χ1n) is 7.00. The molecule has 0 aromatic heterocycles. The first kappa shape index (κ1) is 12.8. The number of carbonyl (C=O) groups is 1. The molecule has 4 heteroatoms. The maximum absolute atomic E-state index is 11.8. The Labute approximate surface area is 104 Å². The third-order valence-electron chi connectivity index (χ3n) is 4.01. The van der Waals surface area contributed by atoms with Crippen molar-refractivity contribution in [3.8, 4) is 0 Å². The maximum Gasteiger partial charge on any atom is 0.236 e. The van der Waals surface area contributed by atoms with E-state index in [0.29, 0.717) is 12.1 Å². The first-order chi connectivity index (χ1) is 8.22. The number of hydrogen-bond acceptors (Lipinski definition) is 3. The van der Waals surface area contributed by atoms with Gasteiger partial charge in [-0.1, -0.05) is 6.92 Å². The molecule has 4 nitrogen and oxygen atoms in total. The summed E-state index contributed by atoms with van der Waals surface area (Å²) in [5.41, 5.74) is 0. The molecule has 0 saturated carbocycles. The quantitative estimate of drug-likeness (QED) is 0.743. The summed E-state index contributed by atoms with van der Waals surface area (Å²) >= 11 is 0. The summed E-state index contributed by atoms with van der Waals surface area (Å²) in [6.07, 6.45) is 4.80. The molecule has 2 rings (SSSR count). The predicted octanol–water partition coefficient (Wildman–Crippen LogP) is 0.727. The third kappa shape index (κ3) is 2.99. The van der Waals surface area contributed by atoms with E-state index in [0.717, 1.165) is 13.0 Å². The summed E-state index contributed by atoms with van der Waals surface area (Å²) in [6.45, 7) is 7.28. The van der Waals surface area contributed by atoms with E-state index in [-0.39, 0.29) is 11.9 Å². The molecule has 2 fully saturated rings. The number of nitrogens with zero attached hydrogens (tertiary/aromatic N) is 1. The van der Waals surface area contributed by atoms with Gasteiger partial charge in [0.1, 0.15) is 0 Å². The Morgan fingerprint density at radius 2 is 2.24 bits per heavy atom. The van der Waals surface area contributed by atoms with Crippen LogP contribution in [0.5, 0.6) is 0 Å². The zero-order valence-corrected chi connectivity index (χ0v) is 11.0. The molecule has 0 aliphatic carbocycles. The molecule has 0 radical (unpaired) electrons. The fourth-order valence-electron chi connectivity index (χ4n) is 3.08. The van der Waals surface area contributed by atoms with Crippen molar-refractivity contribution in [1.82, 2.24) is 15.5 Å². The molecule has 0 aromatic carbocycles. The van der Waals surface area contributed by atoms with Crippen molar-refractivity contribution in [3.05, 3.63) is 0 Å². The van der Waals surface area contributed by atoms with Gasteiger partial charge in [-0.25, -0.2) is 0 Å². The second kappa shape index (κ2) is 5.83. The zero-order chi connectivity index (χ0) is 12.3. The third-order valence-corrected chi connectivity index (χ3v) is 4.01. The molecule has 0 aromatic rings. The number of hydrogen-bond donors (Lipinski definition) is 2. The van der Waals surface area contributed by atoms with Gasteiger partial charge >= 0.3 is 0 Å². The average Bonchev–Trinajstić information content (AvgIpc) is 2.90. The van der Waals surface area contributed by atoms with Gasteiger partial charge in [0, 0.05) is 25.2 Å². The van der Waals surface area contributed by atoms with Gasteiger partial charge in [0.15, 0.2) is 0 Å². The fraction of sp³-hybridized carbons (Fsp3) is 0.923. The summed E-state index contributed by atoms with van der Waals surface area (Å²) in [4.78, 5) is 14.4. The van der Waals surface area contributed by atoms with Crippen LogP contribution in [0.4, 0.5) is 0 Å². The van der Waals surface area contributed by atoms with Gasteiger partial charge in [-0.15, -0.1) is 0 Å². The van der Waals surface area contributed by atoms with Crippen LogP contribution in [0.3, 0.4) is 0 Å². The summed E-state index contributed by atoms with van der Waals surface area (Å²) in [7, 11) is 0. The zero-order valence-electron chi connectivity index (χ0n) is 11.0. The lowest BCUT2D eigenvalue weighted by atomic mass is 10.1. The summed E-state index contributed by atoms with van der Waals surface area (Å²) in [5, 5.41) is 6.46. The number of carbonyl (C=O) groups excluding carboxylic acids is 1. The van der Waals surface area contributed by atoms with Crippen LogP contribution in [0.2, 0.25) is 0 Å². The van der Waals surface area contributed by atoms with Gasteiger partial charge in [-0.2, -0.15) is 0 Å². The van der Waals surface area contributed by atoms with Crippen LogP contribution in [0, 0.1) is 0 Å². The van der Waals surface area contributed by atoms with Crippen LogP contribution in [0.15, 0.2) is 0 Å². The van der Waals surface area contributed by atoms with E-state index in [4.69, 9.17) is 0 Å². The normalized spacial score (nSPS) is 30.2. The smallest absolute Gasteiger partial charge is 0.236 e. The number of rotatable bonds is 5. The van der Waals surface area contributed by atoms with Crippen LogP contribution in [0.1, 0.15) is 39.5 Å². The van der Waals surface area contributed by atoms with E-state index in [1.165, 1.54) is 32.4 Å². The van der Waals surface area contributed by atoms with E-state index in [1.54, 1.807) is 0 Å². The summed E-state index contributed by atoms with van der Waals surface area (Å²) in [6, 6.07) is 1.13. The number of nitrogens with one attached hydrogen (secondary N) is 2. The van der Waals surface area contributed by atoms with Crippen LogP contribution < -0.4 is 10.6 Å². The summed E-state index contributed by atoms with van der Waals surface area (Å²) < 4.78 is 0. The fourth-order valence-corrected chi connectivity index (χ4v) is 3.08. The van der Waals surface area contributed by atoms with Crippen LogP contribution in [0.25, 0.3) is 0 Å². The van der Waals surface area contributed by atoms with Crippen molar-refractivity contribution < 1.29 is 4.79 Å². The van der Waals surface area contributed by atoms with Crippen LogP contribution in [-0.2, 0) is 4.79 Å². The highest BCUT2D eigenvalue weighted by molar-refractivity contribution is 5.81. The Kier molecular flexibility index (Phi) is 4.40.